The molecule has 4 aromatic heterocycles. The summed E-state index contributed by atoms with van der Waals surface area (Å²) in [6.07, 6.45) is 0. The van der Waals surface area contributed by atoms with E-state index < -0.39 is 0 Å². The van der Waals surface area contributed by atoms with E-state index in [0.717, 1.165) is 39.0 Å². The number of pyridine rings is 1. The van der Waals surface area contributed by atoms with Gasteiger partial charge >= 0.3 is 0 Å². The average molecular weight is 588 g/mol. The number of benzene rings is 5. The molecule has 0 saturated carbocycles. The fourth-order valence-corrected chi connectivity index (χ4v) is 8.26. The summed E-state index contributed by atoms with van der Waals surface area (Å²) in [6, 6.07) is 44.1. The van der Waals surface area contributed by atoms with E-state index in [1.807, 2.05) is 65.1 Å². The Morgan fingerprint density at radius 2 is 0.953 bits per heavy atom. The van der Waals surface area contributed by atoms with Gasteiger partial charge in [0.25, 0.3) is 0 Å². The number of nitrogens with zero attached hydrogens (tertiary/aromatic N) is 3. The molecule has 4 nitrogen and oxygen atoms in total. The topological polar surface area (TPSA) is 51.8 Å². The minimum absolute atomic E-state index is 0.510. The Morgan fingerprint density at radius 3 is 1.65 bits per heavy atom. The third-order valence-corrected chi connectivity index (χ3v) is 10.3. The second-order valence-electron chi connectivity index (χ2n) is 10.5. The first kappa shape index (κ1) is 24.4. The molecule has 0 aliphatic rings. The fourth-order valence-electron chi connectivity index (χ4n) is 5.77. The van der Waals surface area contributed by atoms with Gasteiger partial charge in [-0.1, -0.05) is 91.0 Å². The van der Waals surface area contributed by atoms with Crippen LogP contribution in [0.25, 0.3) is 85.8 Å². The quantitative estimate of drug-likeness (QED) is 0.205. The second-order valence-corrected chi connectivity index (χ2v) is 12.6. The van der Waals surface area contributed by atoms with Crippen LogP contribution in [-0.4, -0.2) is 15.2 Å². The molecule has 0 amide bonds. The zero-order valence-corrected chi connectivity index (χ0v) is 24.3. The van der Waals surface area contributed by atoms with Crippen LogP contribution in [0.1, 0.15) is 0 Å². The Kier molecular flexibility index (Phi) is 5.51. The molecule has 0 unspecified atom stereocenters. The van der Waals surface area contributed by atoms with Crippen molar-refractivity contribution in [2.24, 2.45) is 0 Å². The number of thiophene rings is 2. The fraction of sp³-hybridized carbons (Fsp3) is 0. The molecule has 0 spiro atoms. The van der Waals surface area contributed by atoms with Gasteiger partial charge in [0.1, 0.15) is 0 Å². The molecule has 0 bridgehead atoms. The molecule has 0 fully saturated rings. The minimum atomic E-state index is 0.510. The van der Waals surface area contributed by atoms with Crippen molar-refractivity contribution in [1.29, 1.82) is 0 Å². The van der Waals surface area contributed by atoms with Gasteiger partial charge < -0.3 is 4.42 Å². The van der Waals surface area contributed by atoms with Gasteiger partial charge in [0.2, 0.25) is 11.8 Å². The van der Waals surface area contributed by atoms with E-state index in [2.05, 4.69) is 95.1 Å². The Bertz CT molecular complexity index is 2440. The van der Waals surface area contributed by atoms with Crippen LogP contribution >= 0.6 is 22.7 Å². The molecular weight excluding hydrogens is 567 g/mol. The lowest BCUT2D eigenvalue weighted by atomic mass is 10.0. The molecule has 5 aromatic carbocycles. The highest BCUT2D eigenvalue weighted by Crippen LogP contribution is 2.47. The van der Waals surface area contributed by atoms with Gasteiger partial charge in [-0.3, -0.25) is 0 Å². The van der Waals surface area contributed by atoms with E-state index >= 15 is 0 Å². The molecule has 0 saturated heterocycles. The first-order valence-corrected chi connectivity index (χ1v) is 15.7. The number of hydrogen-bond donors (Lipinski definition) is 0. The summed E-state index contributed by atoms with van der Waals surface area (Å²) in [5, 5.41) is 12.3. The first-order chi connectivity index (χ1) is 21.3. The van der Waals surface area contributed by atoms with Crippen LogP contribution in [0.15, 0.2) is 132 Å². The van der Waals surface area contributed by atoms with E-state index in [0.29, 0.717) is 11.8 Å². The van der Waals surface area contributed by atoms with Crippen molar-refractivity contribution < 1.29 is 4.42 Å². The monoisotopic (exact) mass is 587 g/mol. The normalized spacial score (nSPS) is 11.7. The number of fused-ring (bicyclic) bond motifs is 7. The van der Waals surface area contributed by atoms with E-state index in [4.69, 9.17) is 9.40 Å². The van der Waals surface area contributed by atoms with Crippen molar-refractivity contribution in [2.45, 2.75) is 0 Å². The summed E-state index contributed by atoms with van der Waals surface area (Å²) in [5.74, 6) is 1.03. The van der Waals surface area contributed by atoms with Gasteiger partial charge in [0.05, 0.1) is 20.6 Å². The molecule has 9 aromatic rings. The number of hydrogen-bond acceptors (Lipinski definition) is 6. The standard InChI is InChI=1S/C37H21N3OS2/c1-2-8-25(9-3-1)36-39-40-37(41-36)26-20-16-23(17-21-26)22-14-18-24(19-15-22)32-34-31(27-10-4-6-12-29(27)42-34)35-33(38-32)28-11-5-7-13-30(28)43-35/h1-21H. The van der Waals surface area contributed by atoms with Gasteiger partial charge in [0.15, 0.2) is 0 Å². The van der Waals surface area contributed by atoms with Crippen LogP contribution in [0.3, 0.4) is 0 Å². The van der Waals surface area contributed by atoms with Gasteiger partial charge in [-0.05, 0) is 47.5 Å². The third kappa shape index (κ3) is 3.99. The van der Waals surface area contributed by atoms with Crippen molar-refractivity contribution in [3.63, 3.8) is 0 Å². The van der Waals surface area contributed by atoms with E-state index in [1.54, 1.807) is 0 Å². The molecule has 0 atom stereocenters. The third-order valence-electron chi connectivity index (χ3n) is 7.90. The van der Waals surface area contributed by atoms with Crippen LogP contribution in [0, 0.1) is 0 Å². The Balaban J connectivity index is 1.10. The predicted octanol–water partition coefficient (Wildman–Crippen LogP) is 10.9. The van der Waals surface area contributed by atoms with Crippen LogP contribution in [0.5, 0.6) is 0 Å². The molecule has 9 rings (SSSR count). The lowest BCUT2D eigenvalue weighted by molar-refractivity contribution is 0.584. The van der Waals surface area contributed by atoms with Crippen LogP contribution in [0.2, 0.25) is 0 Å². The minimum Gasteiger partial charge on any atom is -0.416 e. The average Bonchev–Trinajstić information content (AvgIpc) is 3.81. The summed E-state index contributed by atoms with van der Waals surface area (Å²) in [5.41, 5.74) is 7.31. The molecule has 0 aliphatic carbocycles. The van der Waals surface area contributed by atoms with Crippen molar-refractivity contribution >= 4 is 63.1 Å². The van der Waals surface area contributed by atoms with Crippen molar-refractivity contribution in [1.82, 2.24) is 15.2 Å². The van der Waals surface area contributed by atoms with Gasteiger partial charge in [0, 0.05) is 42.2 Å². The Morgan fingerprint density at radius 1 is 0.442 bits per heavy atom. The molecule has 0 aliphatic heterocycles. The molecule has 202 valence electrons. The molecule has 4 heterocycles. The molecule has 0 radical (unpaired) electrons. The highest BCUT2D eigenvalue weighted by molar-refractivity contribution is 7.30. The smallest absolute Gasteiger partial charge is 0.248 e. The number of rotatable bonds is 4. The van der Waals surface area contributed by atoms with Crippen LogP contribution < -0.4 is 0 Å². The molecule has 6 heteroatoms. The van der Waals surface area contributed by atoms with Crippen molar-refractivity contribution in [3.05, 3.63) is 127 Å². The Labute approximate surface area is 254 Å². The predicted molar refractivity (Wildman–Crippen MR) is 180 cm³/mol. The van der Waals surface area contributed by atoms with Gasteiger partial charge in [-0.25, -0.2) is 4.98 Å². The Hall–Kier alpha value is -5.17. The lowest BCUT2D eigenvalue weighted by Crippen LogP contribution is -1.86. The van der Waals surface area contributed by atoms with Crippen LogP contribution in [-0.2, 0) is 0 Å². The molecule has 43 heavy (non-hydrogen) atoms. The van der Waals surface area contributed by atoms with E-state index in [9.17, 15) is 0 Å². The molecular formula is C37H21N3OS2. The van der Waals surface area contributed by atoms with Gasteiger partial charge in [-0.15, -0.1) is 32.9 Å². The summed E-state index contributed by atoms with van der Waals surface area (Å²) in [4.78, 5) is 5.33. The lowest BCUT2D eigenvalue weighted by Gasteiger charge is -2.07. The zero-order valence-electron chi connectivity index (χ0n) is 22.7. The SMILES string of the molecule is c1ccc(-c2nnc(-c3ccc(-c4ccc(-c5nc6c7ccccc7sc6c6c5sc5ccccc56)cc4)cc3)o2)cc1. The summed E-state index contributed by atoms with van der Waals surface area (Å²) < 4.78 is 11.0. The second kappa shape index (κ2) is 9.70. The number of aromatic nitrogens is 3. The van der Waals surface area contributed by atoms with Crippen LogP contribution in [0.4, 0.5) is 0 Å². The maximum Gasteiger partial charge on any atom is 0.248 e. The van der Waals surface area contributed by atoms with Crippen molar-refractivity contribution in [2.75, 3.05) is 0 Å². The summed E-state index contributed by atoms with van der Waals surface area (Å²) >= 11 is 3.68. The van der Waals surface area contributed by atoms with Crippen molar-refractivity contribution in [3.8, 4) is 45.3 Å². The highest BCUT2D eigenvalue weighted by atomic mass is 32.1. The largest absolute Gasteiger partial charge is 0.416 e. The first-order valence-electron chi connectivity index (χ1n) is 14.0. The highest BCUT2D eigenvalue weighted by Gasteiger charge is 2.19. The van der Waals surface area contributed by atoms with E-state index in [1.165, 1.54) is 35.0 Å². The van der Waals surface area contributed by atoms with Gasteiger partial charge in [-0.2, -0.15) is 0 Å². The maximum absolute atomic E-state index is 5.95. The summed E-state index contributed by atoms with van der Waals surface area (Å²) in [6.45, 7) is 0. The maximum atomic E-state index is 5.95. The zero-order chi connectivity index (χ0) is 28.3. The molecule has 0 N–H and O–H groups in total. The summed E-state index contributed by atoms with van der Waals surface area (Å²) in [7, 11) is 0. The van der Waals surface area contributed by atoms with E-state index in [-0.39, 0.29) is 0 Å².